The van der Waals surface area contributed by atoms with Crippen LogP contribution in [0.1, 0.15) is 28.4 Å². The first-order chi connectivity index (χ1) is 20.5. The standard InChI is InChI=1S/C34H40FN3O4/c1-4-23-5-7-24(8-6-23)19-36-20-29-30(21-36)31(29)22-38(34(39)25-15-27(40-2)18-28(16-25)41-3)26-9-10-33(32(35)17-26)37-11-13-42-14-12-37/h5-10,15-18,29-31H,4,11-14,19-22H2,1-3H3. The molecule has 7 nitrogen and oxygen atoms in total. The van der Waals surface area contributed by atoms with E-state index in [9.17, 15) is 4.79 Å². The molecule has 3 fully saturated rings. The zero-order valence-electron chi connectivity index (χ0n) is 24.7. The van der Waals surface area contributed by atoms with Gasteiger partial charge in [-0.3, -0.25) is 9.69 Å². The third-order valence-corrected chi connectivity index (χ3v) is 9.12. The van der Waals surface area contributed by atoms with Crippen LogP contribution in [0.4, 0.5) is 15.8 Å². The summed E-state index contributed by atoms with van der Waals surface area (Å²) in [6.45, 7) is 8.15. The maximum atomic E-state index is 15.5. The van der Waals surface area contributed by atoms with E-state index in [4.69, 9.17) is 14.2 Å². The molecule has 1 aliphatic carbocycles. The van der Waals surface area contributed by atoms with E-state index in [-0.39, 0.29) is 11.7 Å². The Balaban J connectivity index is 1.21. The summed E-state index contributed by atoms with van der Waals surface area (Å²) in [6, 6.07) is 19.2. The fourth-order valence-corrected chi connectivity index (χ4v) is 6.60. The van der Waals surface area contributed by atoms with Crippen LogP contribution in [0.15, 0.2) is 60.7 Å². The topological polar surface area (TPSA) is 54.5 Å². The van der Waals surface area contributed by atoms with E-state index in [2.05, 4.69) is 36.1 Å². The van der Waals surface area contributed by atoms with Gasteiger partial charge in [0.2, 0.25) is 0 Å². The summed E-state index contributed by atoms with van der Waals surface area (Å²) in [5.74, 6) is 2.01. The summed E-state index contributed by atoms with van der Waals surface area (Å²) in [5.41, 5.74) is 4.25. The number of anilines is 2. The molecule has 1 amide bonds. The molecule has 2 aliphatic heterocycles. The van der Waals surface area contributed by atoms with Gasteiger partial charge in [0, 0.05) is 56.6 Å². The largest absolute Gasteiger partial charge is 0.497 e. The van der Waals surface area contributed by atoms with Crippen molar-refractivity contribution < 1.29 is 23.4 Å². The number of hydrogen-bond acceptors (Lipinski definition) is 6. The average Bonchev–Trinajstić information content (AvgIpc) is 3.47. The molecule has 0 bridgehead atoms. The maximum absolute atomic E-state index is 15.5. The van der Waals surface area contributed by atoms with E-state index in [1.54, 1.807) is 43.4 Å². The van der Waals surface area contributed by atoms with Gasteiger partial charge in [-0.05, 0) is 65.6 Å². The highest BCUT2D eigenvalue weighted by atomic mass is 19.1. The predicted molar refractivity (Wildman–Crippen MR) is 162 cm³/mol. The molecule has 2 atom stereocenters. The quantitative estimate of drug-likeness (QED) is 0.330. The second-order valence-corrected chi connectivity index (χ2v) is 11.6. The van der Waals surface area contributed by atoms with Crippen LogP contribution in [-0.2, 0) is 17.7 Å². The lowest BCUT2D eigenvalue weighted by atomic mass is 10.1. The van der Waals surface area contributed by atoms with Crippen LogP contribution < -0.4 is 19.3 Å². The van der Waals surface area contributed by atoms with E-state index < -0.39 is 0 Å². The number of nitrogens with zero attached hydrogens (tertiary/aromatic N) is 3. The van der Waals surface area contributed by atoms with Gasteiger partial charge >= 0.3 is 0 Å². The number of halogens is 1. The Hall–Kier alpha value is -3.62. The number of hydrogen-bond donors (Lipinski definition) is 0. The Morgan fingerprint density at radius 2 is 1.57 bits per heavy atom. The molecule has 0 radical (unpaired) electrons. The molecule has 0 aromatic heterocycles. The molecule has 2 saturated heterocycles. The van der Waals surface area contributed by atoms with Crippen molar-refractivity contribution in [2.75, 3.05) is 70.0 Å². The lowest BCUT2D eigenvalue weighted by Gasteiger charge is -2.30. The predicted octanol–water partition coefficient (Wildman–Crippen LogP) is 5.27. The van der Waals surface area contributed by atoms with Gasteiger partial charge < -0.3 is 24.0 Å². The molecule has 0 spiro atoms. The molecule has 0 N–H and O–H groups in total. The summed E-state index contributed by atoms with van der Waals surface area (Å²) < 4.78 is 31.8. The van der Waals surface area contributed by atoms with Crippen molar-refractivity contribution in [2.45, 2.75) is 19.9 Å². The number of likely N-dealkylation sites (tertiary alicyclic amines) is 1. The number of rotatable bonds is 10. The van der Waals surface area contributed by atoms with E-state index in [0.717, 1.165) is 26.1 Å². The van der Waals surface area contributed by atoms with E-state index >= 15 is 4.39 Å². The van der Waals surface area contributed by atoms with Crippen molar-refractivity contribution >= 4 is 17.3 Å². The number of aryl methyl sites for hydroxylation is 1. The van der Waals surface area contributed by atoms with Crippen molar-refractivity contribution in [3.05, 3.63) is 83.2 Å². The molecule has 2 unspecified atom stereocenters. The van der Waals surface area contributed by atoms with Gasteiger partial charge in [0.25, 0.3) is 5.91 Å². The van der Waals surface area contributed by atoms with E-state index in [0.29, 0.717) is 79.0 Å². The Morgan fingerprint density at radius 3 is 2.17 bits per heavy atom. The maximum Gasteiger partial charge on any atom is 0.258 e. The minimum Gasteiger partial charge on any atom is -0.497 e. The molecular formula is C34H40FN3O4. The lowest BCUT2D eigenvalue weighted by molar-refractivity contribution is 0.0983. The fourth-order valence-electron chi connectivity index (χ4n) is 6.60. The molecule has 8 heteroatoms. The summed E-state index contributed by atoms with van der Waals surface area (Å²) in [6.07, 6.45) is 1.05. The molecule has 1 saturated carbocycles. The normalized spacial score (nSPS) is 21.6. The molecule has 6 rings (SSSR count). The van der Waals surface area contributed by atoms with Crippen molar-refractivity contribution in [3.8, 4) is 11.5 Å². The van der Waals surface area contributed by atoms with Crippen LogP contribution in [0, 0.1) is 23.6 Å². The van der Waals surface area contributed by atoms with Gasteiger partial charge in [-0.2, -0.15) is 0 Å². The highest BCUT2D eigenvalue weighted by Gasteiger charge is 2.56. The number of carbonyl (C=O) groups is 1. The second kappa shape index (κ2) is 12.3. The van der Waals surface area contributed by atoms with Gasteiger partial charge in [0.1, 0.15) is 17.3 Å². The molecule has 3 aromatic rings. The molecule has 3 aliphatic rings. The zero-order chi connectivity index (χ0) is 29.2. The minimum absolute atomic E-state index is 0.191. The molecule has 3 aromatic carbocycles. The fraction of sp³-hybridized carbons (Fsp3) is 0.441. The number of morpholine rings is 1. The minimum atomic E-state index is -0.327. The number of piperidine rings is 1. The summed E-state index contributed by atoms with van der Waals surface area (Å²) in [5, 5.41) is 0. The molecule has 42 heavy (non-hydrogen) atoms. The number of fused-ring (bicyclic) bond motifs is 1. The lowest BCUT2D eigenvalue weighted by Crippen LogP contribution is -2.37. The Bertz CT molecular complexity index is 1370. The second-order valence-electron chi connectivity index (χ2n) is 11.6. The third-order valence-electron chi connectivity index (χ3n) is 9.12. The Morgan fingerprint density at radius 1 is 0.929 bits per heavy atom. The number of benzene rings is 3. The Kier molecular flexibility index (Phi) is 8.36. The van der Waals surface area contributed by atoms with Crippen LogP contribution in [0.25, 0.3) is 0 Å². The van der Waals surface area contributed by atoms with Crippen LogP contribution in [0.3, 0.4) is 0 Å². The Labute approximate surface area is 247 Å². The smallest absolute Gasteiger partial charge is 0.258 e. The van der Waals surface area contributed by atoms with Gasteiger partial charge in [0.15, 0.2) is 0 Å². The van der Waals surface area contributed by atoms with Crippen LogP contribution in [0.2, 0.25) is 0 Å². The SMILES string of the molecule is CCc1ccc(CN2CC3C(C2)C3CN(C(=O)c2cc(OC)cc(OC)c2)c2ccc(N3CCOCC3)c(F)c2)cc1. The van der Waals surface area contributed by atoms with Crippen molar-refractivity contribution in [2.24, 2.45) is 17.8 Å². The summed E-state index contributed by atoms with van der Waals surface area (Å²) in [7, 11) is 3.13. The van der Waals surface area contributed by atoms with Crippen LogP contribution in [-0.4, -0.2) is 71.0 Å². The van der Waals surface area contributed by atoms with E-state index in [1.165, 1.54) is 17.2 Å². The first kappa shape index (κ1) is 28.5. The third kappa shape index (κ3) is 5.96. The molecular weight excluding hydrogens is 533 g/mol. The highest BCUT2D eigenvalue weighted by Crippen LogP contribution is 2.52. The number of methoxy groups -OCH3 is 2. The number of ether oxygens (including phenoxy) is 3. The average molecular weight is 574 g/mol. The molecule has 222 valence electrons. The van der Waals surface area contributed by atoms with Crippen LogP contribution in [0.5, 0.6) is 11.5 Å². The number of carbonyl (C=O) groups excluding carboxylic acids is 1. The van der Waals surface area contributed by atoms with Crippen molar-refractivity contribution in [3.63, 3.8) is 0 Å². The summed E-state index contributed by atoms with van der Waals surface area (Å²) in [4.78, 5) is 20.3. The van der Waals surface area contributed by atoms with Gasteiger partial charge in [-0.15, -0.1) is 0 Å². The van der Waals surface area contributed by atoms with Gasteiger partial charge in [-0.25, -0.2) is 4.39 Å². The number of amides is 1. The van der Waals surface area contributed by atoms with Gasteiger partial charge in [-0.1, -0.05) is 31.2 Å². The van der Waals surface area contributed by atoms with E-state index in [1.807, 2.05) is 11.0 Å². The first-order valence-electron chi connectivity index (χ1n) is 14.9. The zero-order valence-corrected chi connectivity index (χ0v) is 24.7. The van der Waals surface area contributed by atoms with Gasteiger partial charge in [0.05, 0.1) is 33.1 Å². The highest BCUT2D eigenvalue weighted by molar-refractivity contribution is 6.06. The molecule has 2 heterocycles. The summed E-state index contributed by atoms with van der Waals surface area (Å²) >= 11 is 0. The van der Waals surface area contributed by atoms with Crippen molar-refractivity contribution in [1.29, 1.82) is 0 Å². The van der Waals surface area contributed by atoms with Crippen molar-refractivity contribution in [1.82, 2.24) is 4.90 Å². The van der Waals surface area contributed by atoms with Crippen LogP contribution >= 0.6 is 0 Å². The first-order valence-corrected chi connectivity index (χ1v) is 14.9. The monoisotopic (exact) mass is 573 g/mol.